The van der Waals surface area contributed by atoms with Gasteiger partial charge in [-0.2, -0.15) is 0 Å². The summed E-state index contributed by atoms with van der Waals surface area (Å²) in [5, 5.41) is 11.4. The third-order valence-corrected chi connectivity index (χ3v) is 6.65. The van der Waals surface area contributed by atoms with E-state index in [0.29, 0.717) is 23.4 Å². The zero-order valence-corrected chi connectivity index (χ0v) is 16.3. The van der Waals surface area contributed by atoms with Crippen LogP contribution in [0.15, 0.2) is 54.6 Å². The van der Waals surface area contributed by atoms with Gasteiger partial charge in [0.2, 0.25) is 0 Å². The number of hydrogen-bond donors (Lipinski definition) is 1. The van der Waals surface area contributed by atoms with Crippen molar-refractivity contribution in [1.82, 2.24) is 0 Å². The Morgan fingerprint density at radius 2 is 1.64 bits per heavy atom. The van der Waals surface area contributed by atoms with Crippen LogP contribution < -0.4 is 10.2 Å². The smallest absolute Gasteiger partial charge is 0.264 e. The molecule has 0 bridgehead atoms. The molecule has 2 aromatic rings. The first-order valence-corrected chi connectivity index (χ1v) is 10.3. The fourth-order valence-corrected chi connectivity index (χ4v) is 4.57. The van der Waals surface area contributed by atoms with E-state index < -0.39 is 13.2 Å². The van der Waals surface area contributed by atoms with E-state index in [4.69, 9.17) is 4.52 Å². The summed E-state index contributed by atoms with van der Waals surface area (Å²) in [7, 11) is 0.448. The van der Waals surface area contributed by atoms with E-state index in [1.54, 1.807) is 24.3 Å². The van der Waals surface area contributed by atoms with Crippen molar-refractivity contribution in [1.29, 1.82) is 0 Å². The van der Waals surface area contributed by atoms with Gasteiger partial charge < -0.3 is 14.5 Å². The second-order valence-corrected chi connectivity index (χ2v) is 9.27. The molecule has 5 heteroatoms. The molecule has 25 heavy (non-hydrogen) atoms. The highest BCUT2D eigenvalue weighted by molar-refractivity contribution is 7.67. The van der Waals surface area contributed by atoms with Crippen molar-refractivity contribution in [3.8, 4) is 0 Å². The Balaban J connectivity index is 2.35. The first-order chi connectivity index (χ1) is 11.8. The molecule has 4 nitrogen and oxygen atoms in total. The van der Waals surface area contributed by atoms with Crippen LogP contribution in [0.5, 0.6) is 0 Å². The summed E-state index contributed by atoms with van der Waals surface area (Å²) >= 11 is 0. The van der Waals surface area contributed by atoms with Gasteiger partial charge in [0.15, 0.2) is 5.85 Å². The minimum atomic E-state index is -3.45. The first-order valence-electron chi connectivity index (χ1n) is 8.60. The van der Waals surface area contributed by atoms with Crippen molar-refractivity contribution < 1.29 is 14.2 Å². The summed E-state index contributed by atoms with van der Waals surface area (Å²) in [5.74, 6) is -0.732. The van der Waals surface area contributed by atoms with Gasteiger partial charge in [0.05, 0.1) is 6.61 Å². The number of hydrogen-bond acceptors (Lipinski definition) is 4. The van der Waals surface area contributed by atoms with E-state index in [2.05, 4.69) is 13.8 Å². The largest absolute Gasteiger partial charge is 0.378 e. The monoisotopic (exact) mass is 361 g/mol. The van der Waals surface area contributed by atoms with Crippen molar-refractivity contribution >= 4 is 18.4 Å². The molecule has 0 spiro atoms. The van der Waals surface area contributed by atoms with Crippen LogP contribution in [0.1, 0.15) is 31.7 Å². The van der Waals surface area contributed by atoms with Gasteiger partial charge in [0, 0.05) is 25.1 Å². The first kappa shape index (κ1) is 19.7. The minimum Gasteiger partial charge on any atom is -0.378 e. The van der Waals surface area contributed by atoms with Gasteiger partial charge >= 0.3 is 0 Å². The van der Waals surface area contributed by atoms with Crippen LogP contribution >= 0.6 is 7.37 Å². The molecule has 136 valence electrons. The molecule has 2 aromatic carbocycles. The van der Waals surface area contributed by atoms with Crippen molar-refractivity contribution in [3.63, 3.8) is 0 Å². The highest BCUT2D eigenvalue weighted by atomic mass is 31.2. The Labute approximate surface area is 150 Å². The molecule has 0 saturated carbocycles. The SMILES string of the molecule is CC(C)CCO[P@@](=O)(c1ccc(N(C)C)cc1)[C@@H](O)c1ccccc1. The van der Waals surface area contributed by atoms with Gasteiger partial charge in [0.1, 0.15) is 0 Å². The van der Waals surface area contributed by atoms with E-state index in [-0.39, 0.29) is 0 Å². The second kappa shape index (κ2) is 8.66. The van der Waals surface area contributed by atoms with E-state index in [9.17, 15) is 9.67 Å². The predicted molar refractivity (Wildman–Crippen MR) is 105 cm³/mol. The number of nitrogens with zero attached hydrogens (tertiary/aromatic N) is 1. The lowest BCUT2D eigenvalue weighted by Crippen LogP contribution is -2.16. The zero-order chi connectivity index (χ0) is 18.4. The molecule has 1 N–H and O–H groups in total. The normalized spacial score (nSPS) is 15.0. The predicted octanol–water partition coefficient (Wildman–Crippen LogP) is 4.41. The fraction of sp³-hybridized carbons (Fsp3) is 0.400. The van der Waals surface area contributed by atoms with Crippen LogP contribution in [-0.4, -0.2) is 25.8 Å². The summed E-state index contributed by atoms with van der Waals surface area (Å²) in [5.41, 5.74) is 1.61. The summed E-state index contributed by atoms with van der Waals surface area (Å²) in [6, 6.07) is 16.4. The zero-order valence-electron chi connectivity index (χ0n) is 15.4. The molecule has 0 saturated heterocycles. The van der Waals surface area contributed by atoms with Gasteiger partial charge in [-0.05, 0) is 42.2 Å². The molecular formula is C20H28NO3P. The van der Waals surface area contributed by atoms with Gasteiger partial charge in [0.25, 0.3) is 7.37 Å². The van der Waals surface area contributed by atoms with Gasteiger partial charge in [-0.3, -0.25) is 4.57 Å². The lowest BCUT2D eigenvalue weighted by molar-refractivity contribution is 0.209. The Kier molecular flexibility index (Phi) is 6.83. The quantitative estimate of drug-likeness (QED) is 0.708. The Morgan fingerprint density at radius 1 is 1.04 bits per heavy atom. The van der Waals surface area contributed by atoms with Crippen molar-refractivity contribution in [3.05, 3.63) is 60.2 Å². The number of rotatable bonds is 8. The van der Waals surface area contributed by atoms with Crippen LogP contribution in [0, 0.1) is 5.92 Å². The number of benzene rings is 2. The van der Waals surface area contributed by atoms with Gasteiger partial charge in [-0.15, -0.1) is 0 Å². The highest BCUT2D eigenvalue weighted by Crippen LogP contribution is 2.57. The lowest BCUT2D eigenvalue weighted by Gasteiger charge is -2.25. The van der Waals surface area contributed by atoms with E-state index >= 15 is 0 Å². The molecule has 0 radical (unpaired) electrons. The fourth-order valence-electron chi connectivity index (χ4n) is 2.49. The lowest BCUT2D eigenvalue weighted by atomic mass is 10.2. The molecule has 0 unspecified atom stereocenters. The molecular weight excluding hydrogens is 333 g/mol. The minimum absolute atomic E-state index is 0.355. The maximum atomic E-state index is 13.7. The molecule has 0 amide bonds. The van der Waals surface area contributed by atoms with Gasteiger partial charge in [-0.25, -0.2) is 0 Å². The van der Waals surface area contributed by atoms with Crippen LogP contribution in [0.4, 0.5) is 5.69 Å². The van der Waals surface area contributed by atoms with Crippen LogP contribution in [0.25, 0.3) is 0 Å². The summed E-state index contributed by atoms with van der Waals surface area (Å²) in [6.45, 7) is 4.54. The average Bonchev–Trinajstić information content (AvgIpc) is 2.61. The molecule has 0 aliphatic rings. The van der Waals surface area contributed by atoms with Crippen LogP contribution in [-0.2, 0) is 9.09 Å². The maximum absolute atomic E-state index is 13.7. The Bertz CT molecular complexity index is 699. The summed E-state index contributed by atoms with van der Waals surface area (Å²) in [4.78, 5) is 1.97. The third kappa shape index (κ3) is 4.94. The summed E-state index contributed by atoms with van der Waals surface area (Å²) in [6.07, 6.45) is 0.793. The molecule has 0 aliphatic heterocycles. The topological polar surface area (TPSA) is 49.8 Å². The number of anilines is 1. The molecule has 2 atom stereocenters. The van der Waals surface area contributed by atoms with E-state index in [1.807, 2.05) is 49.3 Å². The Morgan fingerprint density at radius 3 is 2.16 bits per heavy atom. The standard InChI is InChI=1S/C20H28NO3P/c1-16(2)14-15-24-25(23,20(22)17-8-6-5-7-9-17)19-12-10-18(11-13-19)21(3)4/h5-13,16,20,22H,14-15H2,1-4H3/t20-,25+/m1/s1. The van der Waals surface area contributed by atoms with Gasteiger partial charge in [-0.1, -0.05) is 44.2 Å². The molecule has 0 aliphatic carbocycles. The van der Waals surface area contributed by atoms with E-state index in [1.165, 1.54) is 0 Å². The van der Waals surface area contributed by atoms with Crippen molar-refractivity contribution in [2.45, 2.75) is 26.1 Å². The second-order valence-electron chi connectivity index (χ2n) is 6.81. The molecule has 0 aromatic heterocycles. The average molecular weight is 361 g/mol. The number of aliphatic hydroxyl groups is 1. The summed E-state index contributed by atoms with van der Waals surface area (Å²) < 4.78 is 19.5. The van der Waals surface area contributed by atoms with E-state index in [0.717, 1.165) is 12.1 Å². The van der Waals surface area contributed by atoms with Crippen molar-refractivity contribution in [2.24, 2.45) is 5.92 Å². The third-order valence-electron chi connectivity index (χ3n) is 4.12. The molecule has 2 rings (SSSR count). The number of aliphatic hydroxyl groups excluding tert-OH is 1. The van der Waals surface area contributed by atoms with Crippen molar-refractivity contribution in [2.75, 3.05) is 25.6 Å². The van der Waals surface area contributed by atoms with Crippen LogP contribution in [0.2, 0.25) is 0 Å². The molecule has 0 fully saturated rings. The Hall–Kier alpha value is -1.61. The highest BCUT2D eigenvalue weighted by Gasteiger charge is 2.36. The molecule has 0 heterocycles. The maximum Gasteiger partial charge on any atom is 0.264 e. The van der Waals surface area contributed by atoms with Crippen LogP contribution in [0.3, 0.4) is 0 Å².